The summed E-state index contributed by atoms with van der Waals surface area (Å²) in [5, 5.41) is 3.19. The molecule has 0 saturated heterocycles. The van der Waals surface area contributed by atoms with Crippen LogP contribution in [0.2, 0.25) is 0 Å². The van der Waals surface area contributed by atoms with Gasteiger partial charge in [0.1, 0.15) is 6.33 Å². The summed E-state index contributed by atoms with van der Waals surface area (Å²) >= 11 is 0. The van der Waals surface area contributed by atoms with Crippen molar-refractivity contribution in [2.75, 3.05) is 6.54 Å². The van der Waals surface area contributed by atoms with Gasteiger partial charge in [-0.25, -0.2) is 18.7 Å². The summed E-state index contributed by atoms with van der Waals surface area (Å²) in [5.41, 5.74) is 1.18. The van der Waals surface area contributed by atoms with Crippen molar-refractivity contribution in [3.63, 3.8) is 0 Å². The van der Waals surface area contributed by atoms with Crippen molar-refractivity contribution in [2.45, 2.75) is 26.3 Å². The van der Waals surface area contributed by atoms with Gasteiger partial charge in [-0.2, -0.15) is 0 Å². The van der Waals surface area contributed by atoms with E-state index in [9.17, 15) is 8.78 Å². The van der Waals surface area contributed by atoms with E-state index in [0.717, 1.165) is 6.42 Å². The smallest absolute Gasteiger partial charge is 0.164 e. The Kier molecular flexibility index (Phi) is 4.74. The van der Waals surface area contributed by atoms with Crippen molar-refractivity contribution < 1.29 is 8.78 Å². The monoisotopic (exact) mass is 277 g/mol. The van der Waals surface area contributed by atoms with Gasteiger partial charge >= 0.3 is 0 Å². The summed E-state index contributed by atoms with van der Waals surface area (Å²) in [7, 11) is 0. The van der Waals surface area contributed by atoms with Crippen LogP contribution in [0.3, 0.4) is 0 Å². The lowest BCUT2D eigenvalue weighted by molar-refractivity contribution is 0.473. The molecule has 1 unspecified atom stereocenters. The Bertz CT molecular complexity index is 573. The summed E-state index contributed by atoms with van der Waals surface area (Å²) < 4.78 is 27.9. The zero-order chi connectivity index (χ0) is 14.5. The van der Waals surface area contributed by atoms with Crippen molar-refractivity contribution in [1.82, 2.24) is 15.3 Å². The normalized spacial score (nSPS) is 12.4. The van der Waals surface area contributed by atoms with E-state index in [1.807, 2.05) is 6.92 Å². The molecule has 0 amide bonds. The number of nitrogens with one attached hydrogen (secondary N) is 1. The maximum absolute atomic E-state index is 14.2. The van der Waals surface area contributed by atoms with Crippen LogP contribution >= 0.6 is 0 Å². The van der Waals surface area contributed by atoms with Gasteiger partial charge in [0.05, 0.1) is 11.7 Å². The molecule has 0 fully saturated rings. The number of nitrogens with zero attached hydrogens (tertiary/aromatic N) is 2. The molecule has 20 heavy (non-hydrogen) atoms. The maximum atomic E-state index is 14.2. The first-order valence-corrected chi connectivity index (χ1v) is 6.59. The standard InChI is InChI=1S/C15H17F2N3/c1-3-7-19-15(12-6-8-18-9-20-12)11-5-4-10(2)13(16)14(11)17/h4-6,8-9,15,19H,3,7H2,1-2H3. The number of rotatable bonds is 5. The van der Waals surface area contributed by atoms with Gasteiger partial charge < -0.3 is 5.32 Å². The van der Waals surface area contributed by atoms with E-state index in [1.54, 1.807) is 31.3 Å². The first-order chi connectivity index (χ1) is 9.65. The predicted molar refractivity (Wildman–Crippen MR) is 73.3 cm³/mol. The van der Waals surface area contributed by atoms with E-state index in [-0.39, 0.29) is 5.56 Å². The molecule has 0 bridgehead atoms. The van der Waals surface area contributed by atoms with E-state index in [4.69, 9.17) is 0 Å². The highest BCUT2D eigenvalue weighted by Crippen LogP contribution is 2.25. The third-order valence-electron chi connectivity index (χ3n) is 3.12. The number of aromatic nitrogens is 2. The predicted octanol–water partition coefficient (Wildman–Crippen LogP) is 3.15. The Balaban J connectivity index is 2.44. The fourth-order valence-electron chi connectivity index (χ4n) is 2.02. The largest absolute Gasteiger partial charge is 0.305 e. The Morgan fingerprint density at radius 1 is 1.20 bits per heavy atom. The van der Waals surface area contributed by atoms with Gasteiger partial charge in [0.15, 0.2) is 11.6 Å². The summed E-state index contributed by atoms with van der Waals surface area (Å²) in [6, 6.07) is 4.40. The van der Waals surface area contributed by atoms with Crippen LogP contribution < -0.4 is 5.32 Å². The molecule has 0 aliphatic heterocycles. The SMILES string of the molecule is CCCNC(c1ccncn1)c1ccc(C)c(F)c1F. The van der Waals surface area contributed by atoms with Crippen molar-refractivity contribution in [2.24, 2.45) is 0 Å². The van der Waals surface area contributed by atoms with Crippen molar-refractivity contribution in [3.05, 3.63) is 59.2 Å². The fraction of sp³-hybridized carbons (Fsp3) is 0.333. The number of aryl methyl sites for hydroxylation is 1. The zero-order valence-electron chi connectivity index (χ0n) is 11.5. The van der Waals surface area contributed by atoms with Crippen LogP contribution in [0.1, 0.15) is 36.2 Å². The molecular formula is C15H17F2N3. The lowest BCUT2D eigenvalue weighted by atomic mass is 10.0. The first-order valence-electron chi connectivity index (χ1n) is 6.59. The molecule has 0 saturated carbocycles. The van der Waals surface area contributed by atoms with E-state index in [2.05, 4.69) is 15.3 Å². The summed E-state index contributed by atoms with van der Waals surface area (Å²) in [5.74, 6) is -1.63. The molecule has 1 N–H and O–H groups in total. The lowest BCUT2D eigenvalue weighted by Crippen LogP contribution is -2.25. The Morgan fingerprint density at radius 2 is 2.00 bits per heavy atom. The van der Waals surface area contributed by atoms with Gasteiger partial charge in [0, 0.05) is 11.8 Å². The molecule has 2 aromatic rings. The molecule has 0 radical (unpaired) electrons. The topological polar surface area (TPSA) is 37.8 Å². The number of hydrogen-bond acceptors (Lipinski definition) is 3. The van der Waals surface area contributed by atoms with E-state index in [1.165, 1.54) is 6.33 Å². The van der Waals surface area contributed by atoms with Gasteiger partial charge in [-0.1, -0.05) is 19.1 Å². The summed E-state index contributed by atoms with van der Waals surface area (Å²) in [6.07, 6.45) is 3.88. The van der Waals surface area contributed by atoms with Crippen LogP contribution in [0, 0.1) is 18.6 Å². The van der Waals surface area contributed by atoms with Gasteiger partial charge in [-0.3, -0.25) is 0 Å². The number of hydrogen-bond donors (Lipinski definition) is 1. The molecule has 1 atom stereocenters. The van der Waals surface area contributed by atoms with Crippen molar-refractivity contribution in [3.8, 4) is 0 Å². The highest BCUT2D eigenvalue weighted by molar-refractivity contribution is 5.32. The highest BCUT2D eigenvalue weighted by atomic mass is 19.2. The average molecular weight is 277 g/mol. The second-order valence-corrected chi connectivity index (χ2v) is 4.62. The van der Waals surface area contributed by atoms with Crippen LogP contribution in [-0.4, -0.2) is 16.5 Å². The number of benzene rings is 1. The van der Waals surface area contributed by atoms with Crippen LogP contribution in [-0.2, 0) is 0 Å². The second kappa shape index (κ2) is 6.52. The third-order valence-corrected chi connectivity index (χ3v) is 3.12. The Labute approximate surface area is 117 Å². The lowest BCUT2D eigenvalue weighted by Gasteiger charge is -2.19. The third kappa shape index (κ3) is 2.99. The van der Waals surface area contributed by atoms with Crippen molar-refractivity contribution >= 4 is 0 Å². The average Bonchev–Trinajstić information content (AvgIpc) is 2.48. The van der Waals surface area contributed by atoms with Gasteiger partial charge in [-0.05, 0) is 31.5 Å². The molecule has 106 valence electrons. The molecule has 1 aromatic carbocycles. The minimum absolute atomic E-state index is 0.264. The Hall–Kier alpha value is -1.88. The van der Waals surface area contributed by atoms with E-state index < -0.39 is 17.7 Å². The molecule has 3 nitrogen and oxygen atoms in total. The summed E-state index contributed by atoms with van der Waals surface area (Å²) in [4.78, 5) is 7.99. The minimum atomic E-state index is -0.822. The van der Waals surface area contributed by atoms with Crippen molar-refractivity contribution in [1.29, 1.82) is 0 Å². The molecule has 2 rings (SSSR count). The molecular weight excluding hydrogens is 260 g/mol. The maximum Gasteiger partial charge on any atom is 0.164 e. The second-order valence-electron chi connectivity index (χ2n) is 4.62. The minimum Gasteiger partial charge on any atom is -0.305 e. The van der Waals surface area contributed by atoms with Gasteiger partial charge in [0.2, 0.25) is 0 Å². The molecule has 0 spiro atoms. The number of halogens is 2. The van der Waals surface area contributed by atoms with Gasteiger partial charge in [-0.15, -0.1) is 0 Å². The Morgan fingerprint density at radius 3 is 2.65 bits per heavy atom. The van der Waals surface area contributed by atoms with Crippen LogP contribution in [0.15, 0.2) is 30.7 Å². The van der Waals surface area contributed by atoms with E-state index >= 15 is 0 Å². The molecule has 1 heterocycles. The van der Waals surface area contributed by atoms with Gasteiger partial charge in [0.25, 0.3) is 0 Å². The molecule has 0 aliphatic carbocycles. The van der Waals surface area contributed by atoms with E-state index in [0.29, 0.717) is 17.8 Å². The summed E-state index contributed by atoms with van der Waals surface area (Å²) in [6.45, 7) is 4.24. The molecule has 0 aliphatic rings. The highest BCUT2D eigenvalue weighted by Gasteiger charge is 2.21. The molecule has 1 aromatic heterocycles. The van der Waals surface area contributed by atoms with Crippen LogP contribution in [0.25, 0.3) is 0 Å². The zero-order valence-corrected chi connectivity index (χ0v) is 11.5. The first kappa shape index (κ1) is 14.5. The van der Waals surface area contributed by atoms with Crippen LogP contribution in [0.4, 0.5) is 8.78 Å². The molecule has 5 heteroatoms. The quantitative estimate of drug-likeness (QED) is 0.912. The van der Waals surface area contributed by atoms with Crippen LogP contribution in [0.5, 0.6) is 0 Å². The fourth-order valence-corrected chi connectivity index (χ4v) is 2.02.